The third-order valence-corrected chi connectivity index (χ3v) is 8.57. The Kier molecular flexibility index (Phi) is 6.87. The molecule has 2 heterocycles. The van der Waals surface area contributed by atoms with Gasteiger partial charge in [0, 0.05) is 40.5 Å². The van der Waals surface area contributed by atoms with Gasteiger partial charge < -0.3 is 4.90 Å². The predicted molar refractivity (Wildman–Crippen MR) is 152 cm³/mol. The average Bonchev–Trinajstić information content (AvgIpc) is 3.46. The number of amides is 1. The first-order valence-corrected chi connectivity index (χ1v) is 13.9. The van der Waals surface area contributed by atoms with E-state index in [1.165, 1.54) is 5.56 Å². The molecule has 0 radical (unpaired) electrons. The van der Waals surface area contributed by atoms with Gasteiger partial charge in [0.05, 0.1) is 17.3 Å². The lowest BCUT2D eigenvalue weighted by Crippen LogP contribution is -2.37. The van der Waals surface area contributed by atoms with Gasteiger partial charge in [0.2, 0.25) is 0 Å². The Morgan fingerprint density at radius 3 is 2.37 bits per heavy atom. The minimum Gasteiger partial charge on any atom is -0.339 e. The monoisotopic (exact) mass is 519 g/mol. The summed E-state index contributed by atoms with van der Waals surface area (Å²) in [7, 11) is 0. The third kappa shape index (κ3) is 4.91. The summed E-state index contributed by atoms with van der Waals surface area (Å²) in [5, 5.41) is 11.2. The molecular formula is C33H30ClN3O. The van der Waals surface area contributed by atoms with Crippen LogP contribution in [0.15, 0.2) is 78.9 Å². The fraction of sp³-hybridized carbons (Fsp3) is 0.303. The summed E-state index contributed by atoms with van der Waals surface area (Å²) >= 11 is 6.16. The lowest BCUT2D eigenvalue weighted by atomic mass is 9.89. The molecule has 1 aliphatic heterocycles. The number of carbonyl (C=O) groups excluding carboxylic acids is 1. The standard InChI is InChI=1S/C33H30ClN3O/c34-29-11-8-25(9-12-29)32-30(26-7-6-22(18-26)21-35)20-28-19-27(10-13-31(28)36-32)33(38)37-16-14-24(15-17-37)23-4-2-1-3-5-23/h1-5,8-13,19-20,22,24,26H,6-7,14-18H2. The van der Waals surface area contributed by atoms with Crippen LogP contribution in [0, 0.1) is 17.2 Å². The van der Waals surface area contributed by atoms with Crippen LogP contribution >= 0.6 is 11.6 Å². The highest BCUT2D eigenvalue weighted by Gasteiger charge is 2.29. The zero-order valence-corrected chi connectivity index (χ0v) is 22.1. The van der Waals surface area contributed by atoms with Crippen molar-refractivity contribution >= 4 is 28.4 Å². The first kappa shape index (κ1) is 24.6. The van der Waals surface area contributed by atoms with Crippen molar-refractivity contribution in [2.45, 2.75) is 43.9 Å². The van der Waals surface area contributed by atoms with Crippen LogP contribution in [0.1, 0.15) is 65.4 Å². The smallest absolute Gasteiger partial charge is 0.253 e. The summed E-state index contributed by atoms with van der Waals surface area (Å²) in [5.41, 5.74) is 6.07. The summed E-state index contributed by atoms with van der Waals surface area (Å²) in [6.45, 7) is 1.54. The van der Waals surface area contributed by atoms with Crippen molar-refractivity contribution in [3.05, 3.63) is 101 Å². The predicted octanol–water partition coefficient (Wildman–Crippen LogP) is 7.98. The van der Waals surface area contributed by atoms with E-state index in [9.17, 15) is 10.1 Å². The van der Waals surface area contributed by atoms with Crippen molar-refractivity contribution in [2.24, 2.45) is 5.92 Å². The third-order valence-electron chi connectivity index (χ3n) is 8.32. The van der Waals surface area contributed by atoms with Crippen molar-refractivity contribution in [3.63, 3.8) is 0 Å². The Labute approximate surface area is 228 Å². The maximum Gasteiger partial charge on any atom is 0.253 e. The van der Waals surface area contributed by atoms with Gasteiger partial charge in [-0.2, -0.15) is 5.26 Å². The van der Waals surface area contributed by atoms with Crippen LogP contribution in [0.3, 0.4) is 0 Å². The van der Waals surface area contributed by atoms with Crippen molar-refractivity contribution in [2.75, 3.05) is 13.1 Å². The number of nitriles is 1. The van der Waals surface area contributed by atoms with Crippen LogP contribution < -0.4 is 0 Å². The number of hydrogen-bond acceptors (Lipinski definition) is 3. The van der Waals surface area contributed by atoms with E-state index < -0.39 is 0 Å². The minimum absolute atomic E-state index is 0.0838. The van der Waals surface area contributed by atoms with Gasteiger partial charge in [-0.3, -0.25) is 4.79 Å². The van der Waals surface area contributed by atoms with E-state index in [1.54, 1.807) is 0 Å². The van der Waals surface area contributed by atoms with Crippen LogP contribution in [0.25, 0.3) is 22.2 Å². The number of rotatable bonds is 4. The van der Waals surface area contributed by atoms with E-state index in [4.69, 9.17) is 16.6 Å². The molecule has 1 aliphatic carbocycles. The molecule has 2 atom stereocenters. The normalized spacial score (nSPS) is 19.9. The molecule has 1 aromatic heterocycles. The number of likely N-dealkylation sites (tertiary alicyclic amines) is 1. The summed E-state index contributed by atoms with van der Waals surface area (Å²) < 4.78 is 0. The first-order valence-electron chi connectivity index (χ1n) is 13.5. The van der Waals surface area contributed by atoms with E-state index in [2.05, 4.69) is 42.5 Å². The second kappa shape index (κ2) is 10.6. The first-order chi connectivity index (χ1) is 18.6. The number of pyridine rings is 1. The molecule has 6 rings (SSSR count). The number of benzene rings is 3. The highest BCUT2D eigenvalue weighted by molar-refractivity contribution is 6.30. The molecule has 1 amide bonds. The molecule has 1 saturated carbocycles. The van der Waals surface area contributed by atoms with Gasteiger partial charge in [-0.1, -0.05) is 54.1 Å². The maximum atomic E-state index is 13.5. The van der Waals surface area contributed by atoms with E-state index in [0.29, 0.717) is 16.5 Å². The lowest BCUT2D eigenvalue weighted by Gasteiger charge is -2.32. The second-order valence-corrected chi connectivity index (χ2v) is 11.1. The molecule has 0 N–H and O–H groups in total. The Morgan fingerprint density at radius 1 is 0.895 bits per heavy atom. The molecule has 38 heavy (non-hydrogen) atoms. The van der Waals surface area contributed by atoms with Crippen molar-refractivity contribution < 1.29 is 4.79 Å². The molecule has 3 aromatic carbocycles. The molecule has 2 unspecified atom stereocenters. The number of nitrogens with zero attached hydrogens (tertiary/aromatic N) is 3. The molecule has 0 spiro atoms. The van der Waals surface area contributed by atoms with Gasteiger partial charge in [-0.25, -0.2) is 4.98 Å². The molecule has 190 valence electrons. The Balaban J connectivity index is 1.29. The number of piperidine rings is 1. The zero-order chi connectivity index (χ0) is 26.1. The van der Waals surface area contributed by atoms with E-state index in [-0.39, 0.29) is 17.7 Å². The fourth-order valence-corrected chi connectivity index (χ4v) is 6.31. The quantitative estimate of drug-likeness (QED) is 0.274. The summed E-state index contributed by atoms with van der Waals surface area (Å²) in [5.74, 6) is 0.963. The SMILES string of the molecule is N#CC1CCC(c2cc3cc(C(=O)N4CCC(c5ccccc5)CC4)ccc3nc2-c2ccc(Cl)cc2)C1. The van der Waals surface area contributed by atoms with Crippen molar-refractivity contribution in [1.82, 2.24) is 9.88 Å². The molecule has 0 bridgehead atoms. The molecule has 4 aromatic rings. The van der Waals surface area contributed by atoms with Crippen molar-refractivity contribution in [1.29, 1.82) is 5.26 Å². The van der Waals surface area contributed by atoms with Crippen molar-refractivity contribution in [3.8, 4) is 17.3 Å². The van der Waals surface area contributed by atoms with E-state index in [1.807, 2.05) is 47.4 Å². The number of fused-ring (bicyclic) bond motifs is 1. The molecule has 2 aliphatic rings. The minimum atomic E-state index is 0.0838. The fourth-order valence-electron chi connectivity index (χ4n) is 6.18. The van der Waals surface area contributed by atoms with Crippen LogP contribution in [0.5, 0.6) is 0 Å². The molecule has 5 heteroatoms. The average molecular weight is 520 g/mol. The van der Waals surface area contributed by atoms with Gasteiger partial charge in [-0.15, -0.1) is 0 Å². The van der Waals surface area contributed by atoms with E-state index >= 15 is 0 Å². The lowest BCUT2D eigenvalue weighted by molar-refractivity contribution is 0.0713. The molecule has 1 saturated heterocycles. The van der Waals surface area contributed by atoms with Gasteiger partial charge in [0.25, 0.3) is 5.91 Å². The van der Waals surface area contributed by atoms with Gasteiger partial charge in [0.1, 0.15) is 0 Å². The van der Waals surface area contributed by atoms with Gasteiger partial charge in [-0.05, 0) is 91.5 Å². The highest BCUT2D eigenvalue weighted by atomic mass is 35.5. The summed E-state index contributed by atoms with van der Waals surface area (Å²) in [6, 6.07) is 28.9. The van der Waals surface area contributed by atoms with Crippen LogP contribution in [-0.2, 0) is 0 Å². The van der Waals surface area contributed by atoms with Gasteiger partial charge in [0.15, 0.2) is 0 Å². The Hall–Kier alpha value is -3.68. The molecule has 4 nitrogen and oxygen atoms in total. The molecular weight excluding hydrogens is 490 g/mol. The largest absolute Gasteiger partial charge is 0.339 e. The van der Waals surface area contributed by atoms with Crippen LogP contribution in [0.2, 0.25) is 5.02 Å². The van der Waals surface area contributed by atoms with Crippen LogP contribution in [0.4, 0.5) is 0 Å². The van der Waals surface area contributed by atoms with Crippen LogP contribution in [-0.4, -0.2) is 28.9 Å². The second-order valence-electron chi connectivity index (χ2n) is 10.7. The number of hydrogen-bond donors (Lipinski definition) is 0. The molecule has 2 fully saturated rings. The maximum absolute atomic E-state index is 13.5. The summed E-state index contributed by atoms with van der Waals surface area (Å²) in [6.07, 6.45) is 4.71. The number of aromatic nitrogens is 1. The van der Waals surface area contributed by atoms with E-state index in [0.717, 1.165) is 72.9 Å². The zero-order valence-electron chi connectivity index (χ0n) is 21.3. The van der Waals surface area contributed by atoms with Gasteiger partial charge >= 0.3 is 0 Å². The number of halogens is 1. The Morgan fingerprint density at radius 2 is 1.66 bits per heavy atom. The summed E-state index contributed by atoms with van der Waals surface area (Å²) in [4.78, 5) is 20.6. The topological polar surface area (TPSA) is 57.0 Å². The highest BCUT2D eigenvalue weighted by Crippen LogP contribution is 2.42. The number of carbonyl (C=O) groups is 1. The Bertz CT molecular complexity index is 1500.